The quantitative estimate of drug-likeness (QED) is 0.858. The van der Waals surface area contributed by atoms with Gasteiger partial charge in [-0.2, -0.15) is 5.26 Å². The summed E-state index contributed by atoms with van der Waals surface area (Å²) in [6.07, 6.45) is 0.961. The highest BCUT2D eigenvalue weighted by molar-refractivity contribution is 5.59. The van der Waals surface area contributed by atoms with Crippen LogP contribution in [0, 0.1) is 22.6 Å². The van der Waals surface area contributed by atoms with Crippen LogP contribution in [0.3, 0.4) is 0 Å². The van der Waals surface area contributed by atoms with Crippen molar-refractivity contribution in [1.29, 1.82) is 5.26 Å². The van der Waals surface area contributed by atoms with Gasteiger partial charge in [-0.15, -0.1) is 0 Å². The maximum atomic E-state index is 13.2. The molecule has 0 saturated heterocycles. The van der Waals surface area contributed by atoms with Gasteiger partial charge in [0.15, 0.2) is 0 Å². The van der Waals surface area contributed by atoms with Gasteiger partial charge in [-0.05, 0) is 36.6 Å². The van der Waals surface area contributed by atoms with Crippen molar-refractivity contribution in [3.05, 3.63) is 29.6 Å². The molecule has 0 aliphatic rings. The van der Waals surface area contributed by atoms with Crippen molar-refractivity contribution < 1.29 is 4.39 Å². The van der Waals surface area contributed by atoms with E-state index in [0.717, 1.165) is 25.2 Å². The third kappa shape index (κ3) is 4.22. The third-order valence-corrected chi connectivity index (χ3v) is 3.08. The Morgan fingerprint density at radius 3 is 2.63 bits per heavy atom. The summed E-state index contributed by atoms with van der Waals surface area (Å²) < 4.78 is 13.2. The van der Waals surface area contributed by atoms with Gasteiger partial charge < -0.3 is 10.6 Å². The highest BCUT2D eigenvalue weighted by atomic mass is 19.1. The van der Waals surface area contributed by atoms with Gasteiger partial charge in [0.2, 0.25) is 0 Å². The molecule has 3 nitrogen and oxygen atoms in total. The van der Waals surface area contributed by atoms with Crippen molar-refractivity contribution in [1.82, 2.24) is 0 Å². The van der Waals surface area contributed by atoms with Crippen molar-refractivity contribution in [3.63, 3.8) is 0 Å². The van der Waals surface area contributed by atoms with E-state index in [2.05, 4.69) is 31.7 Å². The predicted octanol–water partition coefficient (Wildman–Crippen LogP) is 2.90. The van der Waals surface area contributed by atoms with Crippen molar-refractivity contribution in [2.45, 2.75) is 27.2 Å². The Hall–Kier alpha value is -1.60. The van der Waals surface area contributed by atoms with Gasteiger partial charge in [0.1, 0.15) is 11.9 Å². The number of halogens is 1. The summed E-state index contributed by atoms with van der Waals surface area (Å²) in [6.45, 7) is 8.40. The predicted molar refractivity (Wildman–Crippen MR) is 76.5 cm³/mol. The first kappa shape index (κ1) is 15.5. The van der Waals surface area contributed by atoms with E-state index in [1.165, 1.54) is 12.1 Å². The molecule has 0 fully saturated rings. The van der Waals surface area contributed by atoms with Crippen LogP contribution >= 0.6 is 0 Å². The first-order valence-corrected chi connectivity index (χ1v) is 6.58. The Kier molecular flexibility index (Phi) is 5.31. The van der Waals surface area contributed by atoms with Crippen molar-refractivity contribution in [3.8, 4) is 6.07 Å². The molecule has 1 aromatic rings. The molecule has 0 unspecified atom stereocenters. The monoisotopic (exact) mass is 263 g/mol. The van der Waals surface area contributed by atoms with Crippen LogP contribution in [0.2, 0.25) is 0 Å². The SMILES string of the molecule is CCCN(CC(C)(C)CN)c1ccc(F)cc1C#N. The molecule has 0 heterocycles. The molecule has 0 bridgehead atoms. The van der Waals surface area contributed by atoms with Gasteiger partial charge in [-0.1, -0.05) is 20.8 Å². The molecule has 1 rings (SSSR count). The van der Waals surface area contributed by atoms with Crippen molar-refractivity contribution >= 4 is 5.69 Å². The molecule has 0 spiro atoms. The van der Waals surface area contributed by atoms with E-state index in [1.54, 1.807) is 6.07 Å². The molecular weight excluding hydrogens is 241 g/mol. The lowest BCUT2D eigenvalue weighted by atomic mass is 9.92. The van der Waals surface area contributed by atoms with Crippen LogP contribution in [0.25, 0.3) is 0 Å². The van der Waals surface area contributed by atoms with Crippen LogP contribution in [0.15, 0.2) is 18.2 Å². The second-order valence-corrected chi connectivity index (χ2v) is 5.56. The molecule has 0 aliphatic heterocycles. The molecule has 0 aliphatic carbocycles. The summed E-state index contributed by atoms with van der Waals surface area (Å²) in [6, 6.07) is 6.43. The second-order valence-electron chi connectivity index (χ2n) is 5.56. The lowest BCUT2D eigenvalue weighted by Gasteiger charge is -2.33. The fourth-order valence-electron chi connectivity index (χ4n) is 2.01. The van der Waals surface area contributed by atoms with Gasteiger partial charge in [0, 0.05) is 13.1 Å². The van der Waals surface area contributed by atoms with E-state index in [4.69, 9.17) is 11.0 Å². The van der Waals surface area contributed by atoms with E-state index in [9.17, 15) is 4.39 Å². The molecular formula is C15H22FN3. The standard InChI is InChI=1S/C15H22FN3/c1-4-7-19(11-15(2,3)10-18)14-6-5-13(16)8-12(14)9-17/h5-6,8H,4,7,10-11,18H2,1-3H3. The normalized spacial score (nSPS) is 11.2. The molecule has 2 N–H and O–H groups in total. The zero-order chi connectivity index (χ0) is 14.5. The van der Waals surface area contributed by atoms with Crippen LogP contribution < -0.4 is 10.6 Å². The number of nitriles is 1. The topological polar surface area (TPSA) is 53.0 Å². The minimum atomic E-state index is -0.380. The number of anilines is 1. The van der Waals surface area contributed by atoms with Crippen LogP contribution in [-0.4, -0.2) is 19.6 Å². The largest absolute Gasteiger partial charge is 0.370 e. The van der Waals surface area contributed by atoms with Gasteiger partial charge in [0.25, 0.3) is 0 Å². The highest BCUT2D eigenvalue weighted by Gasteiger charge is 2.21. The molecule has 0 aromatic heterocycles. The molecule has 0 atom stereocenters. The zero-order valence-corrected chi connectivity index (χ0v) is 11.9. The summed E-state index contributed by atoms with van der Waals surface area (Å²) in [7, 11) is 0. The van der Waals surface area contributed by atoms with Crippen LogP contribution in [-0.2, 0) is 0 Å². The average molecular weight is 263 g/mol. The van der Waals surface area contributed by atoms with E-state index >= 15 is 0 Å². The first-order valence-electron chi connectivity index (χ1n) is 6.58. The van der Waals surface area contributed by atoms with E-state index in [-0.39, 0.29) is 11.2 Å². The Labute approximate surface area is 114 Å². The molecule has 0 radical (unpaired) electrons. The van der Waals surface area contributed by atoms with Crippen LogP contribution in [0.1, 0.15) is 32.8 Å². The van der Waals surface area contributed by atoms with Gasteiger partial charge in [0.05, 0.1) is 11.3 Å². The maximum Gasteiger partial charge on any atom is 0.124 e. The smallest absolute Gasteiger partial charge is 0.124 e. The average Bonchev–Trinajstić information content (AvgIpc) is 2.38. The number of hydrogen-bond donors (Lipinski definition) is 1. The minimum absolute atomic E-state index is 0.0454. The Morgan fingerprint density at radius 1 is 1.42 bits per heavy atom. The van der Waals surface area contributed by atoms with E-state index < -0.39 is 0 Å². The highest BCUT2D eigenvalue weighted by Crippen LogP contribution is 2.25. The number of hydrogen-bond acceptors (Lipinski definition) is 3. The van der Waals surface area contributed by atoms with Gasteiger partial charge in [-0.25, -0.2) is 4.39 Å². The van der Waals surface area contributed by atoms with Gasteiger partial charge in [-0.3, -0.25) is 0 Å². The fraction of sp³-hybridized carbons (Fsp3) is 0.533. The summed E-state index contributed by atoms with van der Waals surface area (Å²) in [4.78, 5) is 2.12. The van der Waals surface area contributed by atoms with E-state index in [1.807, 2.05) is 0 Å². The summed E-state index contributed by atoms with van der Waals surface area (Å²) >= 11 is 0. The molecule has 104 valence electrons. The van der Waals surface area contributed by atoms with Crippen molar-refractivity contribution in [2.24, 2.45) is 11.1 Å². The third-order valence-electron chi connectivity index (χ3n) is 3.08. The minimum Gasteiger partial charge on any atom is -0.370 e. The number of rotatable bonds is 6. The number of nitrogens with zero attached hydrogens (tertiary/aromatic N) is 2. The number of nitrogens with two attached hydrogens (primary N) is 1. The second kappa shape index (κ2) is 6.53. The van der Waals surface area contributed by atoms with E-state index in [0.29, 0.717) is 12.1 Å². The summed E-state index contributed by atoms with van der Waals surface area (Å²) in [5.74, 6) is -0.380. The Bertz CT molecular complexity index is 463. The lowest BCUT2D eigenvalue weighted by Crippen LogP contribution is -2.39. The van der Waals surface area contributed by atoms with Gasteiger partial charge >= 0.3 is 0 Å². The molecule has 1 aromatic carbocycles. The maximum absolute atomic E-state index is 13.2. The van der Waals surface area contributed by atoms with Crippen LogP contribution in [0.4, 0.5) is 10.1 Å². The molecule has 0 amide bonds. The Morgan fingerprint density at radius 2 is 2.11 bits per heavy atom. The molecule has 0 saturated carbocycles. The lowest BCUT2D eigenvalue weighted by molar-refractivity contribution is 0.377. The summed E-state index contributed by atoms with van der Waals surface area (Å²) in [5.41, 5.74) is 6.89. The Balaban J connectivity index is 3.09. The molecule has 4 heteroatoms. The van der Waals surface area contributed by atoms with Crippen molar-refractivity contribution in [2.75, 3.05) is 24.5 Å². The number of benzene rings is 1. The zero-order valence-electron chi connectivity index (χ0n) is 11.9. The fourth-order valence-corrected chi connectivity index (χ4v) is 2.01. The summed E-state index contributed by atoms with van der Waals surface area (Å²) in [5, 5.41) is 9.15. The first-order chi connectivity index (χ1) is 8.93. The van der Waals surface area contributed by atoms with Crippen LogP contribution in [0.5, 0.6) is 0 Å². The molecule has 19 heavy (non-hydrogen) atoms.